The molecule has 0 saturated heterocycles. The van der Waals surface area contributed by atoms with E-state index in [9.17, 15) is 4.55 Å². The zero-order valence-corrected chi connectivity index (χ0v) is 9.19. The maximum Gasteiger partial charge on any atom is 0.115 e. The molecule has 0 bridgehead atoms. The van der Waals surface area contributed by atoms with Crippen molar-refractivity contribution in [3.63, 3.8) is 0 Å². The topological polar surface area (TPSA) is 23.1 Å². The molecule has 0 aliphatic heterocycles. The van der Waals surface area contributed by atoms with Crippen molar-refractivity contribution in [2.24, 2.45) is 11.8 Å². The second-order valence-electron chi connectivity index (χ2n) is 4.28. The van der Waals surface area contributed by atoms with Crippen LogP contribution in [-0.4, -0.2) is 16.1 Å². The summed E-state index contributed by atoms with van der Waals surface area (Å²) in [5.41, 5.74) is 0. The molecule has 1 fully saturated rings. The summed E-state index contributed by atoms with van der Waals surface area (Å²) in [6.07, 6.45) is 6.81. The lowest BCUT2D eigenvalue weighted by Crippen LogP contribution is -2.27. The highest BCUT2D eigenvalue weighted by Crippen LogP contribution is 2.32. The van der Waals surface area contributed by atoms with Gasteiger partial charge in [-0.05, 0) is 37.5 Å². The molecule has 0 spiro atoms. The maximum absolute atomic E-state index is 11.2. The average Bonchev–Trinajstić information content (AvgIpc) is 2.04. The molecule has 0 N–H and O–H groups in total. The van der Waals surface area contributed by atoms with Gasteiger partial charge >= 0.3 is 0 Å². The molecule has 1 nitrogen and oxygen atoms in total. The predicted octanol–water partition coefficient (Wildman–Crippen LogP) is 2.58. The van der Waals surface area contributed by atoms with Gasteiger partial charge in [0.2, 0.25) is 0 Å². The molecule has 0 amide bonds. The molecule has 0 radical (unpaired) electrons. The second-order valence-corrected chi connectivity index (χ2v) is 5.94. The first-order chi connectivity index (χ1) is 5.61. The van der Waals surface area contributed by atoms with Crippen molar-refractivity contribution in [1.29, 1.82) is 0 Å². The summed E-state index contributed by atoms with van der Waals surface area (Å²) in [6, 6.07) is 0. The van der Waals surface area contributed by atoms with Gasteiger partial charge < -0.3 is 4.55 Å². The lowest BCUT2D eigenvalue weighted by Gasteiger charge is -2.30. The highest BCUT2D eigenvalue weighted by molar-refractivity contribution is 7.91. The molecule has 1 saturated carbocycles. The highest BCUT2D eigenvalue weighted by atomic mass is 32.2. The van der Waals surface area contributed by atoms with Gasteiger partial charge in [0.1, 0.15) is 5.25 Å². The molecule has 2 heteroatoms. The maximum atomic E-state index is 11.2. The van der Waals surface area contributed by atoms with Crippen LogP contribution in [0.3, 0.4) is 0 Å². The summed E-state index contributed by atoms with van der Waals surface area (Å²) in [7, 11) is 0. The van der Waals surface area contributed by atoms with Crippen molar-refractivity contribution >= 4 is 11.2 Å². The molecule has 1 rings (SSSR count). The molecule has 12 heavy (non-hydrogen) atoms. The van der Waals surface area contributed by atoms with Crippen LogP contribution in [0.15, 0.2) is 0 Å². The number of rotatable bonds is 2. The smallest absolute Gasteiger partial charge is 0.115 e. The van der Waals surface area contributed by atoms with Gasteiger partial charge in [-0.2, -0.15) is 0 Å². The Morgan fingerprint density at radius 2 is 1.67 bits per heavy atom. The summed E-state index contributed by atoms with van der Waals surface area (Å²) in [5, 5.41) is 0.500. The molecule has 1 aliphatic rings. The van der Waals surface area contributed by atoms with Crippen molar-refractivity contribution in [2.45, 2.75) is 44.8 Å². The van der Waals surface area contributed by atoms with E-state index in [1.807, 2.05) is 6.26 Å². The normalized spacial score (nSPS) is 33.8. The van der Waals surface area contributed by atoms with Crippen LogP contribution in [-0.2, 0) is 11.2 Å². The second kappa shape index (κ2) is 4.52. The molecule has 0 aromatic heterocycles. The quantitative estimate of drug-likeness (QED) is 0.611. The minimum atomic E-state index is -0.580. The zero-order chi connectivity index (χ0) is 9.14. The van der Waals surface area contributed by atoms with Crippen LogP contribution in [0.25, 0.3) is 0 Å². The van der Waals surface area contributed by atoms with E-state index in [1.54, 1.807) is 0 Å². The molecule has 0 heterocycles. The van der Waals surface area contributed by atoms with Crippen molar-refractivity contribution in [3.8, 4) is 0 Å². The van der Waals surface area contributed by atoms with Crippen LogP contribution in [0.4, 0.5) is 0 Å². The zero-order valence-electron chi connectivity index (χ0n) is 8.38. The van der Waals surface area contributed by atoms with Gasteiger partial charge in [0.25, 0.3) is 0 Å². The van der Waals surface area contributed by atoms with Gasteiger partial charge in [-0.1, -0.05) is 25.0 Å². The third-order valence-electron chi connectivity index (χ3n) is 3.13. The monoisotopic (exact) mass is 188 g/mol. The lowest BCUT2D eigenvalue weighted by atomic mass is 9.81. The lowest BCUT2D eigenvalue weighted by molar-refractivity contribution is 0.280. The summed E-state index contributed by atoms with van der Waals surface area (Å²) in [6.45, 7) is 4.60. The van der Waals surface area contributed by atoms with E-state index in [0.717, 1.165) is 11.8 Å². The fourth-order valence-electron chi connectivity index (χ4n) is 2.09. The van der Waals surface area contributed by atoms with Crippen LogP contribution in [0.5, 0.6) is 0 Å². The Labute approximate surface area is 79.1 Å². The van der Waals surface area contributed by atoms with Crippen molar-refractivity contribution in [1.82, 2.24) is 0 Å². The SMILES string of the molecule is CC(C)C1CCC([S+](C)[O-])CC1. The van der Waals surface area contributed by atoms with Crippen LogP contribution < -0.4 is 0 Å². The first-order valence-electron chi connectivity index (χ1n) is 4.93. The Bertz CT molecular complexity index is 110. The largest absolute Gasteiger partial charge is 0.616 e. The van der Waals surface area contributed by atoms with Gasteiger partial charge in [-0.3, -0.25) is 0 Å². The van der Waals surface area contributed by atoms with Crippen LogP contribution in [0, 0.1) is 11.8 Å². The average molecular weight is 188 g/mol. The van der Waals surface area contributed by atoms with E-state index < -0.39 is 11.2 Å². The summed E-state index contributed by atoms with van der Waals surface area (Å²) < 4.78 is 11.2. The van der Waals surface area contributed by atoms with E-state index >= 15 is 0 Å². The molecule has 1 atom stereocenters. The van der Waals surface area contributed by atoms with Gasteiger partial charge in [0, 0.05) is 0 Å². The Balaban J connectivity index is 2.30. The molecular formula is C10H20OS. The van der Waals surface area contributed by atoms with E-state index in [1.165, 1.54) is 25.7 Å². The molecule has 72 valence electrons. The number of hydrogen-bond donors (Lipinski definition) is 0. The molecule has 0 aromatic carbocycles. The van der Waals surface area contributed by atoms with Gasteiger partial charge in [-0.15, -0.1) is 0 Å². The van der Waals surface area contributed by atoms with Crippen molar-refractivity contribution < 1.29 is 4.55 Å². The van der Waals surface area contributed by atoms with Gasteiger partial charge in [-0.25, -0.2) is 0 Å². The highest BCUT2D eigenvalue weighted by Gasteiger charge is 2.27. The molecule has 0 aromatic rings. The summed E-state index contributed by atoms with van der Waals surface area (Å²) in [5.74, 6) is 1.71. The van der Waals surface area contributed by atoms with E-state index in [4.69, 9.17) is 0 Å². The van der Waals surface area contributed by atoms with E-state index in [-0.39, 0.29) is 0 Å². The van der Waals surface area contributed by atoms with E-state index in [0.29, 0.717) is 5.25 Å². The summed E-state index contributed by atoms with van der Waals surface area (Å²) in [4.78, 5) is 0. The molecule has 1 unspecified atom stereocenters. The fraction of sp³-hybridized carbons (Fsp3) is 1.00. The number of hydrogen-bond acceptors (Lipinski definition) is 1. The van der Waals surface area contributed by atoms with Gasteiger partial charge in [0.05, 0.1) is 6.26 Å². The summed E-state index contributed by atoms with van der Waals surface area (Å²) >= 11 is -0.580. The van der Waals surface area contributed by atoms with Gasteiger partial charge in [0.15, 0.2) is 0 Å². The Morgan fingerprint density at radius 1 is 1.17 bits per heavy atom. The molecule has 1 aliphatic carbocycles. The standard InChI is InChI=1S/C10H20OS/c1-8(2)9-4-6-10(7-5-9)12(3)11/h8-10H,4-7H2,1-3H3. The van der Waals surface area contributed by atoms with Crippen LogP contribution in [0.1, 0.15) is 39.5 Å². The first-order valence-corrected chi connectivity index (χ1v) is 6.55. The predicted molar refractivity (Wildman–Crippen MR) is 54.7 cm³/mol. The Morgan fingerprint density at radius 3 is 2.00 bits per heavy atom. The minimum Gasteiger partial charge on any atom is -0.616 e. The van der Waals surface area contributed by atoms with Crippen molar-refractivity contribution in [3.05, 3.63) is 0 Å². The Hall–Kier alpha value is 0.310. The van der Waals surface area contributed by atoms with Crippen LogP contribution in [0.2, 0.25) is 0 Å². The first kappa shape index (κ1) is 10.4. The van der Waals surface area contributed by atoms with E-state index in [2.05, 4.69) is 13.8 Å². The molecular weight excluding hydrogens is 168 g/mol. The van der Waals surface area contributed by atoms with Crippen molar-refractivity contribution in [2.75, 3.05) is 6.26 Å². The minimum absolute atomic E-state index is 0.500. The fourth-order valence-corrected chi connectivity index (χ4v) is 3.02. The third kappa shape index (κ3) is 2.67. The Kier molecular flexibility index (Phi) is 3.91. The van der Waals surface area contributed by atoms with Crippen LogP contribution >= 0.6 is 0 Å². The third-order valence-corrected chi connectivity index (χ3v) is 4.54.